The number of hydrogen-bond acceptors (Lipinski definition) is 5. The van der Waals surface area contributed by atoms with Gasteiger partial charge in [0.25, 0.3) is 0 Å². The van der Waals surface area contributed by atoms with Gasteiger partial charge in [0.05, 0.1) is 17.9 Å². The van der Waals surface area contributed by atoms with Crippen LogP contribution in [0, 0.1) is 23.7 Å². The van der Waals surface area contributed by atoms with Crippen LogP contribution in [0.1, 0.15) is 72.3 Å². The molecule has 1 aliphatic carbocycles. The molecule has 1 aromatic rings. The summed E-state index contributed by atoms with van der Waals surface area (Å²) in [5.74, 6) is -0.709. The van der Waals surface area contributed by atoms with Gasteiger partial charge < -0.3 is 25.2 Å². The van der Waals surface area contributed by atoms with E-state index in [1.165, 1.54) is 12.0 Å². The Kier molecular flexibility index (Phi) is 8.63. The van der Waals surface area contributed by atoms with E-state index in [-0.39, 0.29) is 23.8 Å². The first-order chi connectivity index (χ1) is 19.6. The molecule has 2 N–H and O–H groups in total. The normalized spacial score (nSPS) is 34.0. The molecule has 8 heteroatoms. The molecule has 1 aromatic carbocycles. The molecule has 2 saturated heterocycles. The zero-order valence-electron chi connectivity index (χ0n) is 25.6. The maximum Gasteiger partial charge on any atom is 0.246 e. The van der Waals surface area contributed by atoms with Crippen LogP contribution in [-0.2, 0) is 19.1 Å². The highest BCUT2D eigenvalue weighted by Crippen LogP contribution is 2.55. The average molecular weight is 565 g/mol. The third-order valence-corrected chi connectivity index (χ3v) is 10.4. The highest BCUT2D eigenvalue weighted by Gasteiger charge is 2.72. The molecular weight excluding hydrogens is 516 g/mol. The summed E-state index contributed by atoms with van der Waals surface area (Å²) >= 11 is 0. The van der Waals surface area contributed by atoms with Crippen molar-refractivity contribution in [3.05, 3.63) is 42.0 Å². The lowest BCUT2D eigenvalue weighted by atomic mass is 9.73. The van der Waals surface area contributed by atoms with E-state index in [0.29, 0.717) is 36.5 Å². The molecule has 1 spiro atoms. The van der Waals surface area contributed by atoms with E-state index < -0.39 is 29.6 Å². The van der Waals surface area contributed by atoms with E-state index in [4.69, 9.17) is 4.74 Å². The molecular formula is C33H48N4O4. The number of hydrogen-bond donors (Lipinski definition) is 2. The first-order valence-corrected chi connectivity index (χ1v) is 15.7. The van der Waals surface area contributed by atoms with Crippen molar-refractivity contribution in [3.63, 3.8) is 0 Å². The average Bonchev–Trinajstić information content (AvgIpc) is 3.59. The Labute approximate surface area is 245 Å². The van der Waals surface area contributed by atoms with Crippen LogP contribution < -0.4 is 10.6 Å². The highest BCUT2D eigenvalue weighted by atomic mass is 16.5. The lowest BCUT2D eigenvalue weighted by Gasteiger charge is -2.38. The Morgan fingerprint density at radius 2 is 1.80 bits per heavy atom. The van der Waals surface area contributed by atoms with Crippen LogP contribution in [0.3, 0.4) is 0 Å². The number of nitrogens with one attached hydrogen (secondary N) is 2. The largest absolute Gasteiger partial charge is 0.359 e. The van der Waals surface area contributed by atoms with Gasteiger partial charge in [0.2, 0.25) is 17.7 Å². The molecule has 0 radical (unpaired) electrons. The van der Waals surface area contributed by atoms with Crippen LogP contribution >= 0.6 is 0 Å². The number of amides is 3. The predicted octanol–water partition coefficient (Wildman–Crippen LogP) is 4.18. The van der Waals surface area contributed by atoms with Gasteiger partial charge in [-0.1, -0.05) is 78.7 Å². The summed E-state index contributed by atoms with van der Waals surface area (Å²) in [6.07, 6.45) is 6.44. The second-order valence-electron chi connectivity index (χ2n) is 12.9. The third kappa shape index (κ3) is 5.34. The number of anilines is 1. The number of carbonyl (C=O) groups is 3. The molecule has 0 aromatic heterocycles. The van der Waals surface area contributed by atoms with Crippen molar-refractivity contribution in [2.24, 2.45) is 23.7 Å². The van der Waals surface area contributed by atoms with E-state index in [9.17, 15) is 14.4 Å². The molecule has 3 aliphatic heterocycles. The number of nitrogens with zero attached hydrogens (tertiary/aromatic N) is 2. The van der Waals surface area contributed by atoms with Crippen molar-refractivity contribution in [2.75, 3.05) is 31.5 Å². The van der Waals surface area contributed by atoms with Crippen molar-refractivity contribution < 1.29 is 19.1 Å². The lowest BCUT2D eigenvalue weighted by molar-refractivity contribution is -0.141. The van der Waals surface area contributed by atoms with Crippen LogP contribution in [0.2, 0.25) is 0 Å². The van der Waals surface area contributed by atoms with Crippen molar-refractivity contribution in [3.8, 4) is 0 Å². The minimum absolute atomic E-state index is 0.0666. The summed E-state index contributed by atoms with van der Waals surface area (Å²) in [7, 11) is 0. The summed E-state index contributed by atoms with van der Waals surface area (Å²) in [4.78, 5) is 46.1. The second-order valence-corrected chi connectivity index (χ2v) is 12.9. The number of fused-ring (bicyclic) bond motifs is 1. The molecule has 8 nitrogen and oxygen atoms in total. The van der Waals surface area contributed by atoms with E-state index in [1.54, 1.807) is 4.90 Å². The predicted molar refractivity (Wildman–Crippen MR) is 160 cm³/mol. The Hall–Kier alpha value is -2.71. The number of carbonyl (C=O) groups excluding carboxylic acids is 3. The number of likely N-dealkylation sites (N-methyl/N-ethyl adjacent to an activating group) is 1. The molecule has 2 bridgehead atoms. The van der Waals surface area contributed by atoms with Crippen LogP contribution in [0.25, 0.3) is 0 Å². The van der Waals surface area contributed by atoms with Crippen LogP contribution in [0.15, 0.2) is 36.4 Å². The van der Waals surface area contributed by atoms with Gasteiger partial charge in [-0.15, -0.1) is 0 Å². The number of benzene rings is 1. The monoisotopic (exact) mass is 564 g/mol. The fourth-order valence-electron chi connectivity index (χ4n) is 7.52. The summed E-state index contributed by atoms with van der Waals surface area (Å²) < 4.78 is 6.53. The third-order valence-electron chi connectivity index (χ3n) is 10.4. The number of rotatable bonds is 10. The molecule has 4 aliphatic rings. The second kappa shape index (κ2) is 11.9. The summed E-state index contributed by atoms with van der Waals surface area (Å²) in [6, 6.07) is 7.11. The maximum absolute atomic E-state index is 14.2. The van der Waals surface area contributed by atoms with Crippen LogP contribution in [-0.4, -0.2) is 77.5 Å². The molecule has 41 heavy (non-hydrogen) atoms. The van der Waals surface area contributed by atoms with Gasteiger partial charge in [0.1, 0.15) is 11.6 Å². The van der Waals surface area contributed by atoms with Crippen molar-refractivity contribution in [1.29, 1.82) is 0 Å². The van der Waals surface area contributed by atoms with Gasteiger partial charge in [-0.3, -0.25) is 14.4 Å². The Balaban J connectivity index is 1.41. The molecule has 224 valence electrons. The first kappa shape index (κ1) is 29.8. The van der Waals surface area contributed by atoms with Gasteiger partial charge >= 0.3 is 0 Å². The van der Waals surface area contributed by atoms with E-state index >= 15 is 0 Å². The SMILES string of the molecule is CCN(CC)CCN1C(=O)[C@H]2[C@@H](C(=O)Nc3ccc(C(C)C)cc3)[C@@H]3C=C[C@]2(O3)C1C(=O)NC1CCCC(C)C1C. The molecule has 8 atom stereocenters. The molecule has 3 fully saturated rings. The fraction of sp³-hybridized carbons (Fsp3) is 0.667. The molecule has 5 rings (SSSR count). The summed E-state index contributed by atoms with van der Waals surface area (Å²) in [5.41, 5.74) is 0.750. The Morgan fingerprint density at radius 3 is 2.46 bits per heavy atom. The Bertz CT molecular complexity index is 1160. The van der Waals surface area contributed by atoms with E-state index in [2.05, 4.69) is 57.1 Å². The van der Waals surface area contributed by atoms with Gasteiger partial charge in [-0.25, -0.2) is 0 Å². The quantitative estimate of drug-likeness (QED) is 0.416. The van der Waals surface area contributed by atoms with Gasteiger partial charge in [0, 0.05) is 24.8 Å². The maximum atomic E-state index is 14.2. The minimum atomic E-state index is -1.14. The number of likely N-dealkylation sites (tertiary alicyclic amines) is 1. The van der Waals surface area contributed by atoms with Gasteiger partial charge in [-0.2, -0.15) is 0 Å². The van der Waals surface area contributed by atoms with E-state index in [1.807, 2.05) is 36.4 Å². The Morgan fingerprint density at radius 1 is 1.10 bits per heavy atom. The smallest absolute Gasteiger partial charge is 0.246 e. The summed E-state index contributed by atoms with van der Waals surface area (Å²) in [5, 5.41) is 6.37. The first-order valence-electron chi connectivity index (χ1n) is 15.7. The number of ether oxygens (including phenoxy) is 1. The van der Waals surface area contributed by atoms with E-state index in [0.717, 1.165) is 25.9 Å². The minimum Gasteiger partial charge on any atom is -0.359 e. The molecule has 3 amide bonds. The molecule has 4 unspecified atom stereocenters. The van der Waals surface area contributed by atoms with Crippen molar-refractivity contribution in [2.45, 2.75) is 90.5 Å². The molecule has 3 heterocycles. The zero-order valence-corrected chi connectivity index (χ0v) is 25.6. The van der Waals surface area contributed by atoms with Gasteiger partial charge in [0.15, 0.2) is 0 Å². The summed E-state index contributed by atoms with van der Waals surface area (Å²) in [6.45, 7) is 15.7. The van der Waals surface area contributed by atoms with Crippen LogP contribution in [0.5, 0.6) is 0 Å². The van der Waals surface area contributed by atoms with Crippen molar-refractivity contribution >= 4 is 23.4 Å². The standard InChI is InChI=1S/C33H48N4O4/c1-7-36(8-2)18-19-37-29(31(39)35-25-11-9-10-21(5)22(25)6)33-17-16-26(41-33)27(28(33)32(37)40)30(38)34-24-14-12-23(13-15-24)20(3)4/h12-17,20-22,25-29H,7-11,18-19H2,1-6H3,(H,34,38)(H,35,39)/t21?,22?,25?,26-,27-,28+,29?,33+/m0/s1. The van der Waals surface area contributed by atoms with Gasteiger partial charge in [-0.05, 0) is 55.0 Å². The zero-order chi connectivity index (χ0) is 29.5. The van der Waals surface area contributed by atoms with Crippen molar-refractivity contribution in [1.82, 2.24) is 15.1 Å². The highest BCUT2D eigenvalue weighted by molar-refractivity contribution is 6.02. The molecule has 1 saturated carbocycles. The lowest BCUT2D eigenvalue weighted by Crippen LogP contribution is -2.58. The fourth-order valence-corrected chi connectivity index (χ4v) is 7.52. The topological polar surface area (TPSA) is 91.0 Å². The van der Waals surface area contributed by atoms with Crippen LogP contribution in [0.4, 0.5) is 5.69 Å².